The van der Waals surface area contributed by atoms with Crippen molar-refractivity contribution in [2.75, 3.05) is 0 Å². The molecule has 32 heavy (non-hydrogen) atoms. The molecule has 2 heterocycles. The number of benzene rings is 1. The number of rotatable bonds is 6. The van der Waals surface area contributed by atoms with Crippen LogP contribution in [0.1, 0.15) is 49.9 Å². The largest absolute Gasteiger partial charge is 0.354 e. The van der Waals surface area contributed by atoms with Gasteiger partial charge in [0.15, 0.2) is 5.82 Å². The summed E-state index contributed by atoms with van der Waals surface area (Å²) in [6.45, 7) is 3.88. The molecule has 0 spiro atoms. The van der Waals surface area contributed by atoms with E-state index in [0.717, 1.165) is 19.3 Å². The minimum absolute atomic E-state index is 0.0411. The Bertz CT molecular complexity index is 1090. The lowest BCUT2D eigenvalue weighted by molar-refractivity contribution is -0.126. The predicted octanol–water partition coefficient (Wildman–Crippen LogP) is 3.62. The lowest BCUT2D eigenvalue weighted by atomic mass is 9.85. The van der Waals surface area contributed by atoms with E-state index in [2.05, 4.69) is 15.7 Å². The van der Waals surface area contributed by atoms with Crippen molar-refractivity contribution in [2.45, 2.75) is 51.6 Å². The molecule has 168 valence electrons. The summed E-state index contributed by atoms with van der Waals surface area (Å²) in [7, 11) is 0. The highest BCUT2D eigenvalue weighted by Crippen LogP contribution is 2.26. The second kappa shape index (κ2) is 9.38. The normalized spacial score (nSPS) is 18.5. The van der Waals surface area contributed by atoms with Crippen molar-refractivity contribution in [3.63, 3.8) is 0 Å². The van der Waals surface area contributed by atoms with Gasteiger partial charge < -0.3 is 15.2 Å². The van der Waals surface area contributed by atoms with Crippen LogP contribution in [0, 0.1) is 11.7 Å². The molecule has 3 aromatic rings. The van der Waals surface area contributed by atoms with Gasteiger partial charge in [-0.05, 0) is 57.4 Å². The maximum Gasteiger partial charge on any atom is 0.256 e. The average Bonchev–Trinajstić information content (AvgIpc) is 3.43. The summed E-state index contributed by atoms with van der Waals surface area (Å²) in [5.41, 5.74) is 0.608. The van der Waals surface area contributed by atoms with E-state index in [-0.39, 0.29) is 35.5 Å². The van der Waals surface area contributed by atoms with E-state index in [0.29, 0.717) is 17.8 Å². The van der Waals surface area contributed by atoms with Crippen LogP contribution in [0.5, 0.6) is 0 Å². The van der Waals surface area contributed by atoms with E-state index in [4.69, 9.17) is 0 Å². The standard InChI is InChI=1S/C24H28FN5O2/c1-16(2)27-22(31)17-8-7-9-18(14-17)28-23(32)19-15-26-30(21-11-4-3-10-20(21)25)24(19)29-12-5-6-13-29/h3-6,10-13,15-18H,7-9,14H2,1-2H3,(H,27,31)(H,28,32). The summed E-state index contributed by atoms with van der Waals surface area (Å²) in [5.74, 6) is -0.322. The molecule has 2 atom stereocenters. The Balaban J connectivity index is 1.58. The van der Waals surface area contributed by atoms with Gasteiger partial charge in [-0.2, -0.15) is 5.10 Å². The van der Waals surface area contributed by atoms with Crippen molar-refractivity contribution < 1.29 is 14.0 Å². The lowest BCUT2D eigenvalue weighted by Gasteiger charge is -2.29. The minimum atomic E-state index is -0.428. The molecule has 7 nitrogen and oxygen atoms in total. The molecule has 4 rings (SSSR count). The molecule has 2 unspecified atom stereocenters. The summed E-state index contributed by atoms with van der Waals surface area (Å²) >= 11 is 0. The number of amides is 2. The Morgan fingerprint density at radius 1 is 1.12 bits per heavy atom. The Morgan fingerprint density at radius 3 is 2.59 bits per heavy atom. The van der Waals surface area contributed by atoms with Gasteiger partial charge in [0.1, 0.15) is 17.1 Å². The van der Waals surface area contributed by atoms with Gasteiger partial charge in [-0.25, -0.2) is 9.07 Å². The highest BCUT2D eigenvalue weighted by atomic mass is 19.1. The van der Waals surface area contributed by atoms with Crippen molar-refractivity contribution in [2.24, 2.45) is 5.92 Å². The van der Waals surface area contributed by atoms with Crippen LogP contribution >= 0.6 is 0 Å². The van der Waals surface area contributed by atoms with Crippen molar-refractivity contribution in [3.05, 3.63) is 66.4 Å². The first-order chi connectivity index (χ1) is 15.4. The average molecular weight is 438 g/mol. The number of para-hydroxylation sites is 1. The van der Waals surface area contributed by atoms with Gasteiger partial charge in [-0.1, -0.05) is 18.6 Å². The van der Waals surface area contributed by atoms with Crippen LogP contribution in [0.25, 0.3) is 11.5 Å². The van der Waals surface area contributed by atoms with Gasteiger partial charge >= 0.3 is 0 Å². The monoisotopic (exact) mass is 437 g/mol. The van der Waals surface area contributed by atoms with Gasteiger partial charge in [0.2, 0.25) is 5.91 Å². The fourth-order valence-electron chi connectivity index (χ4n) is 4.25. The molecule has 2 N–H and O–H groups in total. The van der Waals surface area contributed by atoms with Gasteiger partial charge in [0.05, 0.1) is 6.20 Å². The third-order valence-electron chi connectivity index (χ3n) is 5.73. The number of aromatic nitrogens is 3. The van der Waals surface area contributed by atoms with Crippen molar-refractivity contribution in [1.82, 2.24) is 25.0 Å². The quantitative estimate of drug-likeness (QED) is 0.618. The van der Waals surface area contributed by atoms with Crippen LogP contribution in [0.2, 0.25) is 0 Å². The van der Waals surface area contributed by atoms with Crippen LogP contribution in [0.15, 0.2) is 55.0 Å². The number of carbonyl (C=O) groups is 2. The smallest absolute Gasteiger partial charge is 0.256 e. The molecule has 1 aromatic carbocycles. The van der Waals surface area contributed by atoms with E-state index >= 15 is 0 Å². The van der Waals surface area contributed by atoms with E-state index < -0.39 is 5.82 Å². The molecule has 0 aliphatic heterocycles. The number of halogens is 1. The molecular weight excluding hydrogens is 409 g/mol. The number of nitrogens with zero attached hydrogens (tertiary/aromatic N) is 3. The van der Waals surface area contributed by atoms with Gasteiger partial charge in [0, 0.05) is 30.4 Å². The fraction of sp³-hybridized carbons (Fsp3) is 0.375. The Morgan fingerprint density at radius 2 is 1.88 bits per heavy atom. The molecule has 1 aliphatic rings. The number of hydrogen-bond acceptors (Lipinski definition) is 3. The van der Waals surface area contributed by atoms with E-state index in [1.54, 1.807) is 35.2 Å². The third kappa shape index (κ3) is 4.59. The van der Waals surface area contributed by atoms with Crippen LogP contribution in [-0.4, -0.2) is 38.2 Å². The first-order valence-corrected chi connectivity index (χ1v) is 11.0. The fourth-order valence-corrected chi connectivity index (χ4v) is 4.25. The molecule has 8 heteroatoms. The first-order valence-electron chi connectivity index (χ1n) is 11.0. The van der Waals surface area contributed by atoms with Crippen LogP contribution in [0.4, 0.5) is 4.39 Å². The SMILES string of the molecule is CC(C)NC(=O)C1CCCC(NC(=O)c2cnn(-c3ccccc3F)c2-n2cccc2)C1. The van der Waals surface area contributed by atoms with Crippen molar-refractivity contribution >= 4 is 11.8 Å². The van der Waals surface area contributed by atoms with Crippen LogP contribution in [0.3, 0.4) is 0 Å². The zero-order chi connectivity index (χ0) is 22.7. The van der Waals surface area contributed by atoms with E-state index in [9.17, 15) is 14.0 Å². The van der Waals surface area contributed by atoms with Gasteiger partial charge in [-0.15, -0.1) is 0 Å². The Kier molecular flexibility index (Phi) is 6.39. The van der Waals surface area contributed by atoms with E-state index in [1.807, 2.05) is 26.0 Å². The molecular formula is C24H28FN5O2. The topological polar surface area (TPSA) is 81.0 Å². The Hall–Kier alpha value is -3.42. The summed E-state index contributed by atoms with van der Waals surface area (Å²) in [6, 6.07) is 9.97. The number of nitrogens with one attached hydrogen (secondary N) is 2. The van der Waals surface area contributed by atoms with E-state index in [1.165, 1.54) is 16.9 Å². The highest BCUT2D eigenvalue weighted by Gasteiger charge is 2.30. The molecule has 1 saturated carbocycles. The Labute approximate surface area is 186 Å². The van der Waals surface area contributed by atoms with Crippen molar-refractivity contribution in [3.8, 4) is 11.5 Å². The zero-order valence-electron chi connectivity index (χ0n) is 18.3. The molecule has 0 saturated heterocycles. The van der Waals surface area contributed by atoms with Gasteiger partial charge in [-0.3, -0.25) is 9.59 Å². The summed E-state index contributed by atoms with van der Waals surface area (Å²) in [5, 5.41) is 10.4. The molecule has 1 fully saturated rings. The van der Waals surface area contributed by atoms with Crippen molar-refractivity contribution in [1.29, 1.82) is 0 Å². The second-order valence-electron chi connectivity index (χ2n) is 8.53. The molecule has 2 amide bonds. The maximum absolute atomic E-state index is 14.5. The van der Waals surface area contributed by atoms with Gasteiger partial charge in [0.25, 0.3) is 5.91 Å². The number of hydrogen-bond donors (Lipinski definition) is 2. The van der Waals surface area contributed by atoms with Crippen LogP contribution in [-0.2, 0) is 4.79 Å². The molecule has 0 bridgehead atoms. The number of carbonyl (C=O) groups excluding carboxylic acids is 2. The summed E-state index contributed by atoms with van der Waals surface area (Å²) in [6.07, 6.45) is 8.16. The second-order valence-corrected chi connectivity index (χ2v) is 8.53. The third-order valence-corrected chi connectivity index (χ3v) is 5.73. The van der Waals surface area contributed by atoms with Crippen LogP contribution < -0.4 is 10.6 Å². The maximum atomic E-state index is 14.5. The predicted molar refractivity (Wildman–Crippen MR) is 119 cm³/mol. The first kappa shape index (κ1) is 21.8. The molecule has 1 aliphatic carbocycles. The summed E-state index contributed by atoms with van der Waals surface area (Å²) < 4.78 is 17.7. The summed E-state index contributed by atoms with van der Waals surface area (Å²) in [4.78, 5) is 25.7. The lowest BCUT2D eigenvalue weighted by Crippen LogP contribution is -2.43. The molecule has 2 aromatic heterocycles. The highest BCUT2D eigenvalue weighted by molar-refractivity contribution is 5.97. The minimum Gasteiger partial charge on any atom is -0.354 e. The molecule has 0 radical (unpaired) electrons. The zero-order valence-corrected chi connectivity index (χ0v) is 18.3.